The van der Waals surface area contributed by atoms with Crippen LogP contribution in [0, 0.1) is 6.92 Å². The number of carbonyl (C=O) groups is 1. The van der Waals surface area contributed by atoms with Crippen LogP contribution in [0.1, 0.15) is 21.5 Å². The number of anilines is 1. The molecule has 1 heterocycles. The Labute approximate surface area is 166 Å². The maximum atomic E-state index is 12.3. The van der Waals surface area contributed by atoms with Crippen molar-refractivity contribution in [2.45, 2.75) is 17.0 Å². The van der Waals surface area contributed by atoms with Crippen molar-refractivity contribution in [1.29, 1.82) is 0 Å². The molecular formula is C22H18N2OS2. The molecule has 1 amide bonds. The molecule has 0 aliphatic heterocycles. The van der Waals surface area contributed by atoms with Crippen molar-refractivity contribution in [3.05, 3.63) is 89.5 Å². The number of hydrogen-bond donors (Lipinski definition) is 1. The first-order valence-corrected chi connectivity index (χ1v) is 10.4. The highest BCUT2D eigenvalue weighted by Crippen LogP contribution is 2.33. The van der Waals surface area contributed by atoms with Crippen LogP contribution in [0.15, 0.2) is 77.1 Å². The van der Waals surface area contributed by atoms with Gasteiger partial charge in [0.05, 0.1) is 10.2 Å². The van der Waals surface area contributed by atoms with Gasteiger partial charge >= 0.3 is 0 Å². The van der Waals surface area contributed by atoms with Crippen molar-refractivity contribution in [2.24, 2.45) is 0 Å². The van der Waals surface area contributed by atoms with E-state index in [2.05, 4.69) is 36.5 Å². The van der Waals surface area contributed by atoms with Crippen LogP contribution in [0.5, 0.6) is 0 Å². The predicted molar refractivity (Wildman–Crippen MR) is 115 cm³/mol. The number of aromatic nitrogens is 1. The van der Waals surface area contributed by atoms with Gasteiger partial charge < -0.3 is 5.32 Å². The van der Waals surface area contributed by atoms with Gasteiger partial charge in [-0.25, -0.2) is 4.98 Å². The van der Waals surface area contributed by atoms with E-state index < -0.39 is 0 Å². The number of carbonyl (C=O) groups excluding carboxylic acids is 1. The first-order valence-electron chi connectivity index (χ1n) is 8.63. The highest BCUT2D eigenvalue weighted by Gasteiger charge is 2.09. The highest BCUT2D eigenvalue weighted by molar-refractivity contribution is 8.00. The van der Waals surface area contributed by atoms with Crippen molar-refractivity contribution in [1.82, 2.24) is 4.98 Å². The maximum Gasteiger partial charge on any atom is 0.255 e. The third-order valence-electron chi connectivity index (χ3n) is 4.11. The number of rotatable bonds is 5. The van der Waals surface area contributed by atoms with E-state index >= 15 is 0 Å². The summed E-state index contributed by atoms with van der Waals surface area (Å²) < 4.78 is 2.12. The van der Waals surface area contributed by atoms with E-state index in [1.54, 1.807) is 35.2 Å². The first-order chi connectivity index (χ1) is 13.2. The van der Waals surface area contributed by atoms with Crippen LogP contribution in [-0.4, -0.2) is 10.9 Å². The summed E-state index contributed by atoms with van der Waals surface area (Å²) in [7, 11) is 0. The van der Waals surface area contributed by atoms with Crippen LogP contribution in [0.4, 0.5) is 5.69 Å². The molecule has 0 fully saturated rings. The van der Waals surface area contributed by atoms with Crippen LogP contribution >= 0.6 is 23.1 Å². The number of hydrogen-bond acceptors (Lipinski definition) is 4. The van der Waals surface area contributed by atoms with Gasteiger partial charge in [0.1, 0.15) is 0 Å². The highest BCUT2D eigenvalue weighted by atomic mass is 32.2. The fraction of sp³-hybridized carbons (Fsp3) is 0.0909. The van der Waals surface area contributed by atoms with Crippen molar-refractivity contribution in [3.8, 4) is 0 Å². The molecule has 0 aliphatic rings. The van der Waals surface area contributed by atoms with Gasteiger partial charge in [-0.3, -0.25) is 4.79 Å². The molecule has 1 aromatic heterocycles. The molecule has 0 atom stereocenters. The summed E-state index contributed by atoms with van der Waals surface area (Å²) in [6.45, 7) is 2.11. The van der Waals surface area contributed by atoms with Gasteiger partial charge in [0.15, 0.2) is 4.34 Å². The molecule has 0 bridgehead atoms. The van der Waals surface area contributed by atoms with E-state index in [9.17, 15) is 4.79 Å². The van der Waals surface area contributed by atoms with Crippen molar-refractivity contribution in [2.75, 3.05) is 5.32 Å². The number of benzene rings is 3. The molecule has 0 aliphatic carbocycles. The summed E-state index contributed by atoms with van der Waals surface area (Å²) in [4.78, 5) is 17.0. The summed E-state index contributed by atoms with van der Waals surface area (Å²) in [6, 6.07) is 23.6. The van der Waals surface area contributed by atoms with Crippen LogP contribution in [-0.2, 0) is 5.75 Å². The lowest BCUT2D eigenvalue weighted by atomic mass is 10.2. The minimum Gasteiger partial charge on any atom is -0.322 e. The summed E-state index contributed by atoms with van der Waals surface area (Å²) in [5, 5.41) is 2.96. The van der Waals surface area contributed by atoms with Gasteiger partial charge in [-0.15, -0.1) is 11.3 Å². The van der Waals surface area contributed by atoms with Gasteiger partial charge in [0.25, 0.3) is 5.91 Å². The molecule has 5 heteroatoms. The second kappa shape index (κ2) is 7.94. The van der Waals surface area contributed by atoms with Gasteiger partial charge in [-0.2, -0.15) is 0 Å². The summed E-state index contributed by atoms with van der Waals surface area (Å²) in [5.74, 6) is 0.799. The molecule has 134 valence electrons. The predicted octanol–water partition coefficient (Wildman–Crippen LogP) is 6.15. The Kier molecular flexibility index (Phi) is 5.23. The van der Waals surface area contributed by atoms with Crippen LogP contribution in [0.3, 0.4) is 0 Å². The molecule has 0 unspecified atom stereocenters. The van der Waals surface area contributed by atoms with E-state index in [0.29, 0.717) is 5.56 Å². The molecule has 27 heavy (non-hydrogen) atoms. The molecule has 0 saturated heterocycles. The Hall–Kier alpha value is -2.63. The topological polar surface area (TPSA) is 42.0 Å². The fourth-order valence-corrected chi connectivity index (χ4v) is 4.83. The van der Waals surface area contributed by atoms with Crippen LogP contribution in [0.25, 0.3) is 10.2 Å². The molecule has 1 N–H and O–H groups in total. The molecule has 4 rings (SSSR count). The molecule has 4 aromatic rings. The van der Waals surface area contributed by atoms with E-state index in [-0.39, 0.29) is 5.91 Å². The van der Waals surface area contributed by atoms with E-state index in [4.69, 9.17) is 4.98 Å². The number of aryl methyl sites for hydroxylation is 1. The van der Waals surface area contributed by atoms with Gasteiger partial charge in [0, 0.05) is 17.0 Å². The third kappa shape index (κ3) is 4.38. The Balaban J connectivity index is 1.47. The third-order valence-corrected chi connectivity index (χ3v) is 6.34. The smallest absolute Gasteiger partial charge is 0.255 e. The maximum absolute atomic E-state index is 12.3. The van der Waals surface area contributed by atoms with E-state index in [0.717, 1.165) is 26.0 Å². The zero-order valence-electron chi connectivity index (χ0n) is 14.8. The SMILES string of the molecule is Cc1cccc(CSc2nc3ccc(NC(=O)c4ccccc4)cc3s2)c1. The fourth-order valence-electron chi connectivity index (χ4n) is 2.78. The lowest BCUT2D eigenvalue weighted by Crippen LogP contribution is -2.11. The zero-order valence-corrected chi connectivity index (χ0v) is 16.4. The largest absolute Gasteiger partial charge is 0.322 e. The molecule has 3 nitrogen and oxygen atoms in total. The Morgan fingerprint density at radius 2 is 1.89 bits per heavy atom. The molecule has 0 radical (unpaired) electrons. The van der Waals surface area contributed by atoms with Crippen LogP contribution in [0.2, 0.25) is 0 Å². The number of fused-ring (bicyclic) bond motifs is 1. The van der Waals surface area contributed by atoms with Gasteiger partial charge in [0.2, 0.25) is 0 Å². The summed E-state index contributed by atoms with van der Waals surface area (Å²) >= 11 is 3.40. The Bertz CT molecular complexity index is 1090. The monoisotopic (exact) mass is 390 g/mol. The minimum atomic E-state index is -0.103. The van der Waals surface area contributed by atoms with Gasteiger partial charge in [-0.05, 0) is 42.8 Å². The van der Waals surface area contributed by atoms with E-state index in [1.165, 1.54) is 11.1 Å². The molecule has 3 aromatic carbocycles. The number of nitrogens with one attached hydrogen (secondary N) is 1. The molecule has 0 spiro atoms. The van der Waals surface area contributed by atoms with Gasteiger partial charge in [-0.1, -0.05) is 59.8 Å². The quantitative estimate of drug-likeness (QED) is 0.416. The second-order valence-electron chi connectivity index (χ2n) is 6.26. The van der Waals surface area contributed by atoms with Crippen LogP contribution < -0.4 is 5.32 Å². The zero-order chi connectivity index (χ0) is 18.6. The summed E-state index contributed by atoms with van der Waals surface area (Å²) in [5.41, 5.74) is 4.97. The molecular weight excluding hydrogens is 372 g/mol. The average Bonchev–Trinajstić information content (AvgIpc) is 3.09. The van der Waals surface area contributed by atoms with Crippen molar-refractivity contribution in [3.63, 3.8) is 0 Å². The van der Waals surface area contributed by atoms with E-state index in [1.807, 2.05) is 36.4 Å². The number of thiazole rings is 1. The van der Waals surface area contributed by atoms with Crippen molar-refractivity contribution >= 4 is 44.9 Å². The number of nitrogens with zero attached hydrogens (tertiary/aromatic N) is 1. The number of amides is 1. The van der Waals surface area contributed by atoms with Crippen molar-refractivity contribution < 1.29 is 4.79 Å². The normalized spacial score (nSPS) is 10.9. The average molecular weight is 391 g/mol. The lowest BCUT2D eigenvalue weighted by Gasteiger charge is -2.04. The molecule has 0 saturated carbocycles. The lowest BCUT2D eigenvalue weighted by molar-refractivity contribution is 0.102. The second-order valence-corrected chi connectivity index (χ2v) is 8.51. The number of thioether (sulfide) groups is 1. The Morgan fingerprint density at radius 3 is 2.70 bits per heavy atom. The Morgan fingerprint density at radius 1 is 1.04 bits per heavy atom. The minimum absolute atomic E-state index is 0.103. The standard InChI is InChI=1S/C22H18N2OS2/c1-15-6-5-7-16(12-15)14-26-22-24-19-11-10-18(13-20(19)27-22)23-21(25)17-8-3-2-4-9-17/h2-13H,14H2,1H3,(H,23,25). The first kappa shape index (κ1) is 17.8. The summed E-state index contributed by atoms with van der Waals surface area (Å²) in [6.07, 6.45) is 0.